The number of rotatable bonds is 13. The minimum atomic E-state index is -1.26. The van der Waals surface area contributed by atoms with Gasteiger partial charge in [0.15, 0.2) is 0 Å². The van der Waals surface area contributed by atoms with Gasteiger partial charge in [-0.25, -0.2) is 9.59 Å². The summed E-state index contributed by atoms with van der Waals surface area (Å²) in [5, 5.41) is 24.3. The quantitative estimate of drug-likeness (QED) is 0.237. The second-order valence-corrected chi connectivity index (χ2v) is 9.45. The van der Waals surface area contributed by atoms with Crippen molar-refractivity contribution in [3.63, 3.8) is 0 Å². The van der Waals surface area contributed by atoms with E-state index in [4.69, 9.17) is 20.1 Å². The Labute approximate surface area is 224 Å². The molecule has 1 aliphatic heterocycles. The van der Waals surface area contributed by atoms with Crippen LogP contribution in [-0.4, -0.2) is 63.9 Å². The van der Waals surface area contributed by atoms with Crippen molar-refractivity contribution < 1.29 is 34.4 Å². The van der Waals surface area contributed by atoms with Crippen LogP contribution in [0.4, 0.5) is 0 Å². The number of aliphatic carboxylic acids is 3. The van der Waals surface area contributed by atoms with Gasteiger partial charge >= 0.3 is 17.9 Å². The summed E-state index contributed by atoms with van der Waals surface area (Å²) in [7, 11) is 0. The van der Waals surface area contributed by atoms with Gasteiger partial charge in [-0.15, -0.1) is 0 Å². The highest BCUT2D eigenvalue weighted by molar-refractivity contribution is 5.89. The monoisotopic (exact) mass is 525 g/mol. The molecule has 1 saturated heterocycles. The summed E-state index contributed by atoms with van der Waals surface area (Å²) in [5.41, 5.74) is 3.70. The summed E-state index contributed by atoms with van der Waals surface area (Å²) in [6.45, 7) is 5.38. The molecule has 1 unspecified atom stereocenters. The zero-order valence-electron chi connectivity index (χ0n) is 22.0. The Kier molecular flexibility index (Phi) is 13.8. The molecule has 8 heteroatoms. The Bertz CT molecular complexity index is 997. The van der Waals surface area contributed by atoms with E-state index in [2.05, 4.69) is 66.4 Å². The lowest BCUT2D eigenvalue weighted by atomic mass is 9.99. The van der Waals surface area contributed by atoms with Gasteiger partial charge in [0, 0.05) is 31.7 Å². The molecular weight excluding hydrogens is 486 g/mol. The minimum Gasteiger partial charge on any atom is -0.481 e. The number of aryl methyl sites for hydroxylation is 1. The maximum Gasteiger partial charge on any atom is 0.328 e. The third kappa shape index (κ3) is 12.7. The Morgan fingerprint density at radius 2 is 1.39 bits per heavy atom. The number of carboxylic acids is 3. The molecule has 38 heavy (non-hydrogen) atoms. The summed E-state index contributed by atoms with van der Waals surface area (Å²) >= 11 is 0. The van der Waals surface area contributed by atoms with Crippen LogP contribution in [0.1, 0.15) is 67.7 Å². The van der Waals surface area contributed by atoms with E-state index in [1.165, 1.54) is 16.7 Å². The van der Waals surface area contributed by atoms with Crippen LogP contribution in [-0.2, 0) is 19.1 Å². The molecule has 0 bridgehead atoms. The number of carbonyl (C=O) groups is 3. The second-order valence-electron chi connectivity index (χ2n) is 9.45. The molecule has 0 aliphatic carbocycles. The molecule has 3 N–H and O–H groups in total. The fourth-order valence-corrected chi connectivity index (χ4v) is 4.29. The van der Waals surface area contributed by atoms with Gasteiger partial charge in [-0.2, -0.15) is 0 Å². The third-order valence-electron chi connectivity index (χ3n) is 6.33. The molecule has 0 saturated carbocycles. The summed E-state index contributed by atoms with van der Waals surface area (Å²) in [5.74, 6) is -3.20. The van der Waals surface area contributed by atoms with Crippen molar-refractivity contribution in [2.24, 2.45) is 0 Å². The molecule has 0 spiro atoms. The molecular formula is C30H39NO7. The third-order valence-corrected chi connectivity index (χ3v) is 6.33. The largest absolute Gasteiger partial charge is 0.481 e. The molecule has 0 amide bonds. The molecule has 3 rings (SSSR count). The maximum absolute atomic E-state index is 10.6. The fraction of sp³-hybridized carbons (Fsp3) is 0.433. The molecule has 1 fully saturated rings. The highest BCUT2D eigenvalue weighted by Crippen LogP contribution is 2.30. The Morgan fingerprint density at radius 1 is 0.842 bits per heavy atom. The Balaban J connectivity index is 0.000000550. The van der Waals surface area contributed by atoms with Crippen molar-refractivity contribution in [1.29, 1.82) is 0 Å². The van der Waals surface area contributed by atoms with E-state index < -0.39 is 17.9 Å². The van der Waals surface area contributed by atoms with Crippen molar-refractivity contribution in [3.8, 4) is 0 Å². The smallest absolute Gasteiger partial charge is 0.328 e. The SMILES string of the molecule is Cc1ccc(C(OC2CCN(CCCCCCC(=O)O)CC2)c2ccccc2)cc1.O=C(O)/C=C/C(=O)O. The van der Waals surface area contributed by atoms with E-state index in [1.54, 1.807) is 0 Å². The number of unbranched alkanes of at least 4 members (excludes halogenated alkanes) is 3. The Morgan fingerprint density at radius 3 is 1.95 bits per heavy atom. The summed E-state index contributed by atoms with van der Waals surface area (Å²) in [6.07, 6.45) is 7.89. The van der Waals surface area contributed by atoms with Gasteiger partial charge < -0.3 is 25.0 Å². The number of hydrogen-bond acceptors (Lipinski definition) is 5. The normalized spacial score (nSPS) is 15.0. The first-order valence-corrected chi connectivity index (χ1v) is 13.1. The zero-order chi connectivity index (χ0) is 27.8. The van der Waals surface area contributed by atoms with E-state index in [0.29, 0.717) is 18.6 Å². The second kappa shape index (κ2) is 17.1. The number of likely N-dealkylation sites (tertiary alicyclic amines) is 1. The van der Waals surface area contributed by atoms with Gasteiger partial charge in [-0.05, 0) is 50.3 Å². The van der Waals surface area contributed by atoms with Crippen molar-refractivity contribution in [2.45, 2.75) is 64.1 Å². The molecule has 8 nitrogen and oxygen atoms in total. The lowest BCUT2D eigenvalue weighted by Crippen LogP contribution is -2.38. The zero-order valence-corrected chi connectivity index (χ0v) is 22.0. The number of ether oxygens (including phenoxy) is 1. The first-order valence-electron chi connectivity index (χ1n) is 13.1. The molecule has 1 aliphatic rings. The van der Waals surface area contributed by atoms with Gasteiger partial charge in [0.1, 0.15) is 6.10 Å². The first-order chi connectivity index (χ1) is 18.2. The van der Waals surface area contributed by atoms with E-state index in [9.17, 15) is 14.4 Å². The van der Waals surface area contributed by atoms with Gasteiger partial charge in [-0.3, -0.25) is 4.79 Å². The standard InChI is InChI=1S/C26H35NO3.C4H4O4/c1-21-12-14-23(15-13-21)26(22-9-5-4-6-10-22)30-24-16-19-27(20-17-24)18-8-3-2-7-11-25(28)29;5-3(6)1-2-4(7)8/h4-6,9-10,12-15,24,26H,2-3,7-8,11,16-20H2,1H3,(H,28,29);1-2H,(H,5,6)(H,7,8)/b;2-1+. The van der Waals surface area contributed by atoms with E-state index in [-0.39, 0.29) is 12.2 Å². The molecule has 2 aromatic rings. The van der Waals surface area contributed by atoms with E-state index in [1.807, 2.05) is 0 Å². The molecule has 0 radical (unpaired) electrons. The topological polar surface area (TPSA) is 124 Å². The fourth-order valence-electron chi connectivity index (χ4n) is 4.29. The first kappa shape index (κ1) is 30.7. The van der Waals surface area contributed by atoms with Gasteiger partial charge in [0.05, 0.1) is 6.10 Å². The predicted octanol–water partition coefficient (Wildman–Crippen LogP) is 5.31. The van der Waals surface area contributed by atoms with Crippen LogP contribution in [0, 0.1) is 6.92 Å². The van der Waals surface area contributed by atoms with E-state index in [0.717, 1.165) is 58.2 Å². The summed E-state index contributed by atoms with van der Waals surface area (Å²) in [6, 6.07) is 19.2. The van der Waals surface area contributed by atoms with Crippen LogP contribution in [0.15, 0.2) is 66.7 Å². The number of benzene rings is 2. The Hall–Kier alpha value is -3.49. The van der Waals surface area contributed by atoms with Crippen LogP contribution >= 0.6 is 0 Å². The van der Waals surface area contributed by atoms with Gasteiger partial charge in [0.25, 0.3) is 0 Å². The maximum atomic E-state index is 10.6. The van der Waals surface area contributed by atoms with Crippen LogP contribution in [0.25, 0.3) is 0 Å². The molecule has 1 atom stereocenters. The van der Waals surface area contributed by atoms with Crippen molar-refractivity contribution in [3.05, 3.63) is 83.4 Å². The molecule has 1 heterocycles. The van der Waals surface area contributed by atoms with Crippen LogP contribution in [0.3, 0.4) is 0 Å². The number of hydrogen-bond donors (Lipinski definition) is 3. The van der Waals surface area contributed by atoms with Crippen molar-refractivity contribution in [2.75, 3.05) is 19.6 Å². The van der Waals surface area contributed by atoms with Crippen LogP contribution in [0.5, 0.6) is 0 Å². The lowest BCUT2D eigenvalue weighted by Gasteiger charge is -2.34. The average Bonchev–Trinajstić information content (AvgIpc) is 2.90. The summed E-state index contributed by atoms with van der Waals surface area (Å²) in [4.78, 5) is 32.2. The molecule has 206 valence electrons. The van der Waals surface area contributed by atoms with Gasteiger partial charge in [0.2, 0.25) is 0 Å². The van der Waals surface area contributed by atoms with Gasteiger partial charge in [-0.1, -0.05) is 73.0 Å². The number of carboxylic acid groups (broad SMARTS) is 3. The highest BCUT2D eigenvalue weighted by atomic mass is 16.5. The van der Waals surface area contributed by atoms with Crippen LogP contribution in [0.2, 0.25) is 0 Å². The van der Waals surface area contributed by atoms with Crippen molar-refractivity contribution >= 4 is 17.9 Å². The highest BCUT2D eigenvalue weighted by Gasteiger charge is 2.24. The van der Waals surface area contributed by atoms with Crippen molar-refractivity contribution in [1.82, 2.24) is 4.90 Å². The van der Waals surface area contributed by atoms with Crippen LogP contribution < -0.4 is 0 Å². The predicted molar refractivity (Wildman–Crippen MR) is 145 cm³/mol. The van der Waals surface area contributed by atoms with E-state index >= 15 is 0 Å². The minimum absolute atomic E-state index is 0.0161. The molecule has 2 aromatic carbocycles. The number of piperidine rings is 1. The lowest BCUT2D eigenvalue weighted by molar-refractivity contribution is -0.137. The summed E-state index contributed by atoms with van der Waals surface area (Å²) < 4.78 is 6.65. The molecule has 0 aromatic heterocycles. The average molecular weight is 526 g/mol. The number of nitrogens with zero attached hydrogens (tertiary/aromatic N) is 1.